The van der Waals surface area contributed by atoms with Gasteiger partial charge in [0, 0.05) is 31.5 Å². The van der Waals surface area contributed by atoms with Crippen LogP contribution in [-0.4, -0.2) is 36.8 Å². The number of anilines is 2. The molecule has 1 unspecified atom stereocenters. The monoisotopic (exact) mass is 368 g/mol. The zero-order chi connectivity index (χ0) is 19.2. The van der Waals surface area contributed by atoms with Gasteiger partial charge >= 0.3 is 6.03 Å². The Hall–Kier alpha value is -2.60. The third-order valence-corrected chi connectivity index (χ3v) is 4.64. The fourth-order valence-corrected chi connectivity index (χ4v) is 3.07. The van der Waals surface area contributed by atoms with Crippen molar-refractivity contribution in [3.05, 3.63) is 53.7 Å². The summed E-state index contributed by atoms with van der Waals surface area (Å²) in [6.45, 7) is 9.20. The summed E-state index contributed by atoms with van der Waals surface area (Å²) in [5.41, 5.74) is 2.96. The highest BCUT2D eigenvalue weighted by molar-refractivity contribution is 5.89. The maximum Gasteiger partial charge on any atom is 0.319 e. The van der Waals surface area contributed by atoms with Crippen molar-refractivity contribution in [3.8, 4) is 0 Å². The molecule has 2 heterocycles. The SMILES string of the molecule is CC1CN(c2ccc(CNC(=O)Nc3cccc(C(C)C)c3)cn2)CCO1. The van der Waals surface area contributed by atoms with Gasteiger partial charge in [-0.15, -0.1) is 0 Å². The van der Waals surface area contributed by atoms with E-state index in [0.29, 0.717) is 12.5 Å². The number of benzene rings is 1. The van der Waals surface area contributed by atoms with E-state index in [0.717, 1.165) is 36.8 Å². The van der Waals surface area contributed by atoms with Gasteiger partial charge in [0.15, 0.2) is 0 Å². The fraction of sp³-hybridized carbons (Fsp3) is 0.429. The first-order valence-corrected chi connectivity index (χ1v) is 9.47. The van der Waals surface area contributed by atoms with Crippen LogP contribution in [0, 0.1) is 0 Å². The molecule has 1 saturated heterocycles. The number of pyridine rings is 1. The van der Waals surface area contributed by atoms with Crippen LogP contribution in [0.2, 0.25) is 0 Å². The van der Waals surface area contributed by atoms with Crippen LogP contribution in [0.15, 0.2) is 42.6 Å². The van der Waals surface area contributed by atoms with Crippen LogP contribution in [0.5, 0.6) is 0 Å². The lowest BCUT2D eigenvalue weighted by Crippen LogP contribution is -2.41. The molecule has 0 aliphatic carbocycles. The van der Waals surface area contributed by atoms with E-state index in [1.807, 2.05) is 36.5 Å². The fourth-order valence-electron chi connectivity index (χ4n) is 3.07. The van der Waals surface area contributed by atoms with Crippen molar-refractivity contribution < 1.29 is 9.53 Å². The molecule has 0 saturated carbocycles. The lowest BCUT2D eigenvalue weighted by atomic mass is 10.0. The molecule has 1 atom stereocenters. The lowest BCUT2D eigenvalue weighted by molar-refractivity contribution is 0.0529. The zero-order valence-electron chi connectivity index (χ0n) is 16.2. The third-order valence-electron chi connectivity index (χ3n) is 4.64. The predicted molar refractivity (Wildman–Crippen MR) is 108 cm³/mol. The molecule has 27 heavy (non-hydrogen) atoms. The van der Waals surface area contributed by atoms with Crippen molar-refractivity contribution in [2.24, 2.45) is 0 Å². The van der Waals surface area contributed by atoms with Gasteiger partial charge in [0.05, 0.1) is 12.7 Å². The first kappa shape index (κ1) is 19.2. The van der Waals surface area contributed by atoms with Crippen molar-refractivity contribution >= 4 is 17.5 Å². The van der Waals surface area contributed by atoms with Gasteiger partial charge in [0.2, 0.25) is 0 Å². The summed E-state index contributed by atoms with van der Waals surface area (Å²) < 4.78 is 5.56. The number of nitrogens with zero attached hydrogens (tertiary/aromatic N) is 2. The van der Waals surface area contributed by atoms with E-state index in [1.165, 1.54) is 5.56 Å². The summed E-state index contributed by atoms with van der Waals surface area (Å²) in [7, 11) is 0. The molecule has 6 nitrogen and oxygen atoms in total. The molecular weight excluding hydrogens is 340 g/mol. The number of morpholine rings is 1. The summed E-state index contributed by atoms with van der Waals surface area (Å²) in [6, 6.07) is 11.7. The van der Waals surface area contributed by atoms with E-state index in [-0.39, 0.29) is 12.1 Å². The van der Waals surface area contributed by atoms with Crippen LogP contribution in [0.4, 0.5) is 16.3 Å². The van der Waals surface area contributed by atoms with Gasteiger partial charge < -0.3 is 20.3 Å². The van der Waals surface area contributed by atoms with Crippen molar-refractivity contribution in [3.63, 3.8) is 0 Å². The summed E-state index contributed by atoms with van der Waals surface area (Å²) >= 11 is 0. The Morgan fingerprint density at radius 2 is 2.19 bits per heavy atom. The van der Waals surface area contributed by atoms with Gasteiger partial charge in [-0.1, -0.05) is 32.0 Å². The van der Waals surface area contributed by atoms with Crippen molar-refractivity contribution in [1.29, 1.82) is 0 Å². The van der Waals surface area contributed by atoms with E-state index in [4.69, 9.17) is 4.74 Å². The van der Waals surface area contributed by atoms with Crippen LogP contribution in [0.3, 0.4) is 0 Å². The predicted octanol–water partition coefficient (Wildman–Crippen LogP) is 3.75. The molecule has 6 heteroatoms. The first-order chi connectivity index (χ1) is 13.0. The summed E-state index contributed by atoms with van der Waals surface area (Å²) in [6.07, 6.45) is 2.04. The van der Waals surface area contributed by atoms with E-state index in [2.05, 4.69) is 47.4 Å². The number of ether oxygens (including phenoxy) is 1. The van der Waals surface area contributed by atoms with Crippen LogP contribution in [0.25, 0.3) is 0 Å². The van der Waals surface area contributed by atoms with Crippen molar-refractivity contribution in [1.82, 2.24) is 10.3 Å². The molecule has 2 amide bonds. The van der Waals surface area contributed by atoms with E-state index < -0.39 is 0 Å². The number of nitrogens with one attached hydrogen (secondary N) is 2. The van der Waals surface area contributed by atoms with Gasteiger partial charge in [0.25, 0.3) is 0 Å². The van der Waals surface area contributed by atoms with Crippen LogP contribution >= 0.6 is 0 Å². The Labute approximate surface area is 160 Å². The second-order valence-electron chi connectivity index (χ2n) is 7.24. The third kappa shape index (κ3) is 5.44. The molecule has 2 aromatic rings. The second kappa shape index (κ2) is 8.86. The van der Waals surface area contributed by atoms with Crippen LogP contribution in [0.1, 0.15) is 37.8 Å². The number of carbonyl (C=O) groups excluding carboxylic acids is 1. The Bertz CT molecular complexity index is 761. The first-order valence-electron chi connectivity index (χ1n) is 9.47. The molecular formula is C21H28N4O2. The van der Waals surface area contributed by atoms with Crippen molar-refractivity contribution in [2.45, 2.75) is 39.3 Å². The molecule has 3 rings (SSSR count). The minimum atomic E-state index is -0.220. The van der Waals surface area contributed by atoms with Gasteiger partial charge in [-0.05, 0) is 42.2 Å². The number of urea groups is 1. The summed E-state index contributed by atoms with van der Waals surface area (Å²) in [4.78, 5) is 18.9. The minimum absolute atomic E-state index is 0.220. The maximum atomic E-state index is 12.2. The number of amides is 2. The van der Waals surface area contributed by atoms with E-state index >= 15 is 0 Å². The molecule has 1 fully saturated rings. The topological polar surface area (TPSA) is 66.5 Å². The Morgan fingerprint density at radius 3 is 2.89 bits per heavy atom. The standard InChI is InChI=1S/C21H28N4O2/c1-15(2)18-5-4-6-19(11-18)24-21(26)23-13-17-7-8-20(22-12-17)25-9-10-27-16(3)14-25/h4-8,11-12,15-16H,9-10,13-14H2,1-3H3,(H2,23,24,26). The molecule has 1 aliphatic rings. The molecule has 2 N–H and O–H groups in total. The highest BCUT2D eigenvalue weighted by Gasteiger charge is 2.17. The van der Waals surface area contributed by atoms with Gasteiger partial charge in [-0.2, -0.15) is 0 Å². The average molecular weight is 368 g/mol. The molecule has 0 spiro atoms. The van der Waals surface area contributed by atoms with Gasteiger partial charge in [0.1, 0.15) is 5.82 Å². The quantitative estimate of drug-likeness (QED) is 0.843. The highest BCUT2D eigenvalue weighted by Crippen LogP contribution is 2.18. The normalized spacial score (nSPS) is 17.0. The second-order valence-corrected chi connectivity index (χ2v) is 7.24. The van der Waals surface area contributed by atoms with Crippen LogP contribution in [-0.2, 0) is 11.3 Å². The Balaban J connectivity index is 1.51. The number of rotatable bonds is 5. The van der Waals surface area contributed by atoms with Crippen LogP contribution < -0.4 is 15.5 Å². The maximum absolute atomic E-state index is 12.2. The molecule has 0 bridgehead atoms. The van der Waals surface area contributed by atoms with Gasteiger partial charge in [-0.25, -0.2) is 9.78 Å². The van der Waals surface area contributed by atoms with E-state index in [9.17, 15) is 4.79 Å². The number of aromatic nitrogens is 1. The highest BCUT2D eigenvalue weighted by atomic mass is 16.5. The largest absolute Gasteiger partial charge is 0.375 e. The Kier molecular flexibility index (Phi) is 6.29. The smallest absolute Gasteiger partial charge is 0.319 e. The number of hydrogen-bond donors (Lipinski definition) is 2. The molecule has 1 aromatic heterocycles. The number of carbonyl (C=O) groups is 1. The van der Waals surface area contributed by atoms with Crippen molar-refractivity contribution in [2.75, 3.05) is 29.9 Å². The Morgan fingerprint density at radius 1 is 1.33 bits per heavy atom. The molecule has 144 valence electrons. The lowest BCUT2D eigenvalue weighted by Gasteiger charge is -2.32. The summed E-state index contributed by atoms with van der Waals surface area (Å²) in [5, 5.41) is 5.76. The molecule has 1 aliphatic heterocycles. The minimum Gasteiger partial charge on any atom is -0.375 e. The van der Waals surface area contributed by atoms with Gasteiger partial charge in [-0.3, -0.25) is 0 Å². The molecule has 0 radical (unpaired) electrons. The molecule has 1 aromatic carbocycles. The average Bonchev–Trinajstić information content (AvgIpc) is 2.67. The summed E-state index contributed by atoms with van der Waals surface area (Å²) in [5.74, 6) is 1.37. The zero-order valence-corrected chi connectivity index (χ0v) is 16.2. The van der Waals surface area contributed by atoms with E-state index in [1.54, 1.807) is 0 Å². The number of hydrogen-bond acceptors (Lipinski definition) is 4.